The van der Waals surface area contributed by atoms with E-state index in [1.807, 2.05) is 6.92 Å². The van der Waals surface area contributed by atoms with Crippen molar-refractivity contribution in [1.29, 1.82) is 0 Å². The number of imidazole rings is 1. The van der Waals surface area contributed by atoms with Crippen LogP contribution in [0.2, 0.25) is 0 Å². The van der Waals surface area contributed by atoms with E-state index in [9.17, 15) is 9.50 Å². The average Bonchev–Trinajstić information content (AvgIpc) is 2.89. The molecule has 0 fully saturated rings. The Labute approximate surface area is 111 Å². The standard InChI is InChI=1S/C14H18FN3O/c1-3-12(14-16-6-7-17-14)18-9(2)11-5-4-10(15)8-13(11)19/h4-9,12,18-19H,3H2,1-2H3,(H,16,17). The second-order valence-electron chi connectivity index (χ2n) is 4.53. The third-order valence-corrected chi connectivity index (χ3v) is 3.17. The number of nitrogens with zero attached hydrogens (tertiary/aromatic N) is 1. The fraction of sp³-hybridized carbons (Fsp3) is 0.357. The maximum Gasteiger partial charge on any atom is 0.126 e. The second-order valence-corrected chi connectivity index (χ2v) is 4.53. The zero-order valence-electron chi connectivity index (χ0n) is 11.0. The van der Waals surface area contributed by atoms with E-state index in [2.05, 4.69) is 22.2 Å². The number of phenolic OH excluding ortho intramolecular Hbond substituents is 1. The first-order valence-electron chi connectivity index (χ1n) is 6.35. The van der Waals surface area contributed by atoms with Gasteiger partial charge in [-0.1, -0.05) is 13.0 Å². The van der Waals surface area contributed by atoms with E-state index in [0.29, 0.717) is 5.56 Å². The molecule has 2 atom stereocenters. The molecule has 0 bridgehead atoms. The molecule has 0 aliphatic carbocycles. The SMILES string of the molecule is CCC(NC(C)c1ccc(F)cc1O)c1ncc[nH]1. The number of nitrogens with one attached hydrogen (secondary N) is 2. The number of phenols is 1. The van der Waals surface area contributed by atoms with Gasteiger partial charge in [0.1, 0.15) is 17.4 Å². The molecule has 0 saturated heterocycles. The van der Waals surface area contributed by atoms with Crippen LogP contribution in [0.5, 0.6) is 5.75 Å². The molecular weight excluding hydrogens is 245 g/mol. The summed E-state index contributed by atoms with van der Waals surface area (Å²) in [6.07, 6.45) is 4.35. The Kier molecular flexibility index (Phi) is 4.16. The van der Waals surface area contributed by atoms with Crippen LogP contribution in [0.3, 0.4) is 0 Å². The first kappa shape index (κ1) is 13.5. The van der Waals surface area contributed by atoms with Gasteiger partial charge in [-0.15, -0.1) is 0 Å². The van der Waals surface area contributed by atoms with Crippen molar-refractivity contribution < 1.29 is 9.50 Å². The summed E-state index contributed by atoms with van der Waals surface area (Å²) in [6, 6.07) is 4.03. The molecule has 0 radical (unpaired) electrons. The van der Waals surface area contributed by atoms with Crippen LogP contribution in [0.15, 0.2) is 30.6 Å². The number of aromatic hydroxyl groups is 1. The topological polar surface area (TPSA) is 60.9 Å². The van der Waals surface area contributed by atoms with Crippen LogP contribution >= 0.6 is 0 Å². The minimum absolute atomic E-state index is 0.0331. The molecule has 0 aliphatic rings. The van der Waals surface area contributed by atoms with Crippen LogP contribution in [0, 0.1) is 5.82 Å². The van der Waals surface area contributed by atoms with Crippen molar-refractivity contribution in [1.82, 2.24) is 15.3 Å². The summed E-state index contributed by atoms with van der Waals surface area (Å²) in [5.74, 6) is 0.386. The summed E-state index contributed by atoms with van der Waals surface area (Å²) in [7, 11) is 0. The molecule has 1 aromatic heterocycles. The Hall–Kier alpha value is -1.88. The number of benzene rings is 1. The molecule has 0 aliphatic heterocycles. The van der Waals surface area contributed by atoms with Crippen molar-refractivity contribution in [2.75, 3.05) is 0 Å². The normalized spacial score (nSPS) is 14.3. The lowest BCUT2D eigenvalue weighted by Gasteiger charge is -2.21. The highest BCUT2D eigenvalue weighted by Crippen LogP contribution is 2.27. The van der Waals surface area contributed by atoms with Gasteiger partial charge >= 0.3 is 0 Å². The minimum Gasteiger partial charge on any atom is -0.508 e. The summed E-state index contributed by atoms with van der Waals surface area (Å²) < 4.78 is 13.0. The zero-order valence-corrected chi connectivity index (χ0v) is 11.0. The molecule has 102 valence electrons. The van der Waals surface area contributed by atoms with Crippen molar-refractivity contribution in [3.05, 3.63) is 47.8 Å². The largest absolute Gasteiger partial charge is 0.508 e. The molecule has 3 N–H and O–H groups in total. The lowest BCUT2D eigenvalue weighted by atomic mass is 10.1. The molecular formula is C14H18FN3O. The highest BCUT2D eigenvalue weighted by atomic mass is 19.1. The number of hydrogen-bond donors (Lipinski definition) is 3. The van der Waals surface area contributed by atoms with E-state index in [1.54, 1.807) is 18.5 Å². The summed E-state index contributed by atoms with van der Waals surface area (Å²) in [4.78, 5) is 7.30. The van der Waals surface area contributed by atoms with Crippen molar-refractivity contribution in [3.63, 3.8) is 0 Å². The summed E-state index contributed by atoms with van der Waals surface area (Å²) in [5, 5.41) is 13.1. The lowest BCUT2D eigenvalue weighted by Crippen LogP contribution is -2.25. The van der Waals surface area contributed by atoms with Crippen LogP contribution < -0.4 is 5.32 Å². The van der Waals surface area contributed by atoms with Gasteiger partial charge in [-0.25, -0.2) is 9.37 Å². The van der Waals surface area contributed by atoms with Gasteiger partial charge in [-0.05, 0) is 19.4 Å². The van der Waals surface area contributed by atoms with Gasteiger partial charge in [0.15, 0.2) is 0 Å². The molecule has 1 heterocycles. The average molecular weight is 263 g/mol. The first-order valence-corrected chi connectivity index (χ1v) is 6.35. The molecule has 1 aromatic carbocycles. The van der Waals surface area contributed by atoms with Crippen LogP contribution in [-0.4, -0.2) is 15.1 Å². The van der Waals surface area contributed by atoms with Gasteiger partial charge in [0, 0.05) is 30.1 Å². The van der Waals surface area contributed by atoms with Crippen LogP contribution in [0.25, 0.3) is 0 Å². The smallest absolute Gasteiger partial charge is 0.126 e. The zero-order chi connectivity index (χ0) is 13.8. The monoisotopic (exact) mass is 263 g/mol. The molecule has 0 spiro atoms. The van der Waals surface area contributed by atoms with Crippen molar-refractivity contribution in [3.8, 4) is 5.75 Å². The molecule has 0 saturated carbocycles. The predicted molar refractivity (Wildman–Crippen MR) is 71.2 cm³/mol. The fourth-order valence-electron chi connectivity index (χ4n) is 2.13. The van der Waals surface area contributed by atoms with Gasteiger partial charge in [0.05, 0.1) is 6.04 Å². The highest BCUT2D eigenvalue weighted by Gasteiger charge is 2.17. The Morgan fingerprint density at radius 3 is 2.84 bits per heavy atom. The van der Waals surface area contributed by atoms with E-state index >= 15 is 0 Å². The van der Waals surface area contributed by atoms with Crippen LogP contribution in [0.4, 0.5) is 4.39 Å². The van der Waals surface area contributed by atoms with Crippen molar-refractivity contribution in [2.45, 2.75) is 32.4 Å². The van der Waals surface area contributed by atoms with Gasteiger partial charge in [-0.2, -0.15) is 0 Å². The van der Waals surface area contributed by atoms with Gasteiger partial charge in [0.2, 0.25) is 0 Å². The van der Waals surface area contributed by atoms with Crippen LogP contribution in [-0.2, 0) is 0 Å². The Bertz CT molecular complexity index is 527. The molecule has 5 heteroatoms. The summed E-state index contributed by atoms with van der Waals surface area (Å²) in [5.41, 5.74) is 0.673. The molecule has 0 amide bonds. The number of aromatic amines is 1. The molecule has 2 rings (SSSR count). The second kappa shape index (κ2) is 5.84. The maximum absolute atomic E-state index is 13.0. The fourth-order valence-corrected chi connectivity index (χ4v) is 2.13. The Morgan fingerprint density at radius 2 is 2.26 bits per heavy atom. The molecule has 2 unspecified atom stereocenters. The predicted octanol–water partition coefficient (Wildman–Crippen LogP) is 3.06. The van der Waals surface area contributed by atoms with E-state index < -0.39 is 5.82 Å². The summed E-state index contributed by atoms with van der Waals surface area (Å²) >= 11 is 0. The van der Waals surface area contributed by atoms with E-state index in [-0.39, 0.29) is 17.8 Å². The summed E-state index contributed by atoms with van der Waals surface area (Å²) in [6.45, 7) is 3.98. The quantitative estimate of drug-likeness (QED) is 0.777. The number of aromatic nitrogens is 2. The van der Waals surface area contributed by atoms with Gasteiger partial charge in [-0.3, -0.25) is 0 Å². The molecule has 2 aromatic rings. The third-order valence-electron chi connectivity index (χ3n) is 3.17. The number of H-pyrrole nitrogens is 1. The van der Waals surface area contributed by atoms with Crippen molar-refractivity contribution >= 4 is 0 Å². The van der Waals surface area contributed by atoms with Gasteiger partial charge in [0.25, 0.3) is 0 Å². The number of rotatable bonds is 5. The molecule has 4 nitrogen and oxygen atoms in total. The highest BCUT2D eigenvalue weighted by molar-refractivity contribution is 5.35. The Morgan fingerprint density at radius 1 is 1.47 bits per heavy atom. The van der Waals surface area contributed by atoms with Crippen LogP contribution in [0.1, 0.15) is 43.7 Å². The van der Waals surface area contributed by atoms with Crippen molar-refractivity contribution in [2.24, 2.45) is 0 Å². The van der Waals surface area contributed by atoms with E-state index in [4.69, 9.17) is 0 Å². The minimum atomic E-state index is -0.438. The first-order chi connectivity index (χ1) is 9.11. The van der Waals surface area contributed by atoms with E-state index in [1.165, 1.54) is 6.07 Å². The third kappa shape index (κ3) is 3.12. The van der Waals surface area contributed by atoms with E-state index in [0.717, 1.165) is 18.3 Å². The number of halogens is 1. The number of hydrogen-bond acceptors (Lipinski definition) is 3. The van der Waals surface area contributed by atoms with Gasteiger partial charge < -0.3 is 15.4 Å². The Balaban J connectivity index is 2.13. The maximum atomic E-state index is 13.0. The molecule has 19 heavy (non-hydrogen) atoms. The lowest BCUT2D eigenvalue weighted by molar-refractivity contribution is 0.413.